The van der Waals surface area contributed by atoms with Crippen molar-refractivity contribution in [2.24, 2.45) is 0 Å². The van der Waals surface area contributed by atoms with E-state index in [2.05, 4.69) is 9.97 Å². The molecule has 0 saturated heterocycles. The molecule has 2 rings (SSSR count). The Morgan fingerprint density at radius 2 is 0.923 bits per heavy atom. The van der Waals surface area contributed by atoms with Crippen molar-refractivity contribution < 1.29 is 19.5 Å². The SMILES string of the molecule is [Zn].c1cc(-c2ccncc2)ccn1. The van der Waals surface area contributed by atoms with Gasteiger partial charge >= 0.3 is 0 Å². The van der Waals surface area contributed by atoms with E-state index in [0.717, 1.165) is 0 Å². The minimum absolute atomic E-state index is 0. The van der Waals surface area contributed by atoms with Gasteiger partial charge in [-0.1, -0.05) is 0 Å². The van der Waals surface area contributed by atoms with Gasteiger partial charge in [0, 0.05) is 44.3 Å². The number of pyridine rings is 2. The van der Waals surface area contributed by atoms with E-state index in [9.17, 15) is 0 Å². The van der Waals surface area contributed by atoms with E-state index in [1.54, 1.807) is 24.8 Å². The molecule has 0 unspecified atom stereocenters. The third-order valence-electron chi connectivity index (χ3n) is 1.69. The summed E-state index contributed by atoms with van der Waals surface area (Å²) in [5.74, 6) is 0. The van der Waals surface area contributed by atoms with Crippen LogP contribution < -0.4 is 0 Å². The van der Waals surface area contributed by atoms with Crippen LogP contribution in [0.2, 0.25) is 0 Å². The molecule has 13 heavy (non-hydrogen) atoms. The molecule has 0 fully saturated rings. The van der Waals surface area contributed by atoms with Gasteiger partial charge in [0.05, 0.1) is 0 Å². The number of hydrogen-bond donors (Lipinski definition) is 0. The predicted molar refractivity (Wildman–Crippen MR) is 47.5 cm³/mol. The summed E-state index contributed by atoms with van der Waals surface area (Å²) in [6, 6.07) is 7.93. The van der Waals surface area contributed by atoms with Gasteiger partial charge in [-0.3, -0.25) is 9.97 Å². The van der Waals surface area contributed by atoms with Gasteiger partial charge in [0.25, 0.3) is 0 Å². The molecule has 0 radical (unpaired) electrons. The predicted octanol–water partition coefficient (Wildman–Crippen LogP) is 2.14. The van der Waals surface area contributed by atoms with Crippen LogP contribution in [0.15, 0.2) is 49.1 Å². The smallest absolute Gasteiger partial charge is 0.0273 e. The number of aromatic nitrogens is 2. The molecule has 60 valence electrons. The summed E-state index contributed by atoms with van der Waals surface area (Å²) in [6.07, 6.45) is 7.15. The Hall–Kier alpha value is -1.08. The van der Waals surface area contributed by atoms with Gasteiger partial charge in [0.2, 0.25) is 0 Å². The number of rotatable bonds is 1. The molecule has 0 saturated carbocycles. The van der Waals surface area contributed by atoms with Crippen molar-refractivity contribution in [1.29, 1.82) is 0 Å². The molecular formula is C10H8N2Zn. The summed E-state index contributed by atoms with van der Waals surface area (Å²) < 4.78 is 0. The zero-order chi connectivity index (χ0) is 8.23. The van der Waals surface area contributed by atoms with E-state index in [-0.39, 0.29) is 19.5 Å². The van der Waals surface area contributed by atoms with Gasteiger partial charge in [-0.2, -0.15) is 0 Å². The van der Waals surface area contributed by atoms with Crippen LogP contribution >= 0.6 is 0 Å². The van der Waals surface area contributed by atoms with E-state index >= 15 is 0 Å². The summed E-state index contributed by atoms with van der Waals surface area (Å²) >= 11 is 0. The molecule has 0 bridgehead atoms. The van der Waals surface area contributed by atoms with Crippen molar-refractivity contribution in [3.05, 3.63) is 49.1 Å². The first-order valence-electron chi connectivity index (χ1n) is 3.77. The van der Waals surface area contributed by atoms with E-state index in [1.807, 2.05) is 24.3 Å². The third-order valence-corrected chi connectivity index (χ3v) is 1.69. The molecule has 0 aliphatic rings. The second-order valence-corrected chi connectivity index (χ2v) is 2.47. The maximum absolute atomic E-state index is 3.96. The summed E-state index contributed by atoms with van der Waals surface area (Å²) in [5.41, 5.74) is 2.35. The van der Waals surface area contributed by atoms with Gasteiger partial charge in [0.15, 0.2) is 0 Å². The molecule has 0 atom stereocenters. The van der Waals surface area contributed by atoms with Gasteiger partial charge in [-0.15, -0.1) is 0 Å². The second kappa shape index (κ2) is 4.83. The second-order valence-electron chi connectivity index (χ2n) is 2.47. The van der Waals surface area contributed by atoms with Crippen LogP contribution in [0, 0.1) is 0 Å². The Morgan fingerprint density at radius 1 is 0.615 bits per heavy atom. The summed E-state index contributed by atoms with van der Waals surface area (Å²) in [7, 11) is 0. The first-order chi connectivity index (χ1) is 5.97. The Bertz CT molecular complexity index is 310. The maximum atomic E-state index is 3.96. The fraction of sp³-hybridized carbons (Fsp3) is 0. The molecule has 0 spiro atoms. The molecule has 2 aromatic rings. The first kappa shape index (κ1) is 10.0. The van der Waals surface area contributed by atoms with E-state index in [4.69, 9.17) is 0 Å². The van der Waals surface area contributed by atoms with Crippen molar-refractivity contribution in [1.82, 2.24) is 9.97 Å². The molecule has 0 N–H and O–H groups in total. The van der Waals surface area contributed by atoms with Crippen LogP contribution in [0.25, 0.3) is 11.1 Å². The monoisotopic (exact) mass is 220 g/mol. The van der Waals surface area contributed by atoms with Gasteiger partial charge < -0.3 is 0 Å². The van der Waals surface area contributed by atoms with E-state index in [0.29, 0.717) is 0 Å². The third kappa shape index (κ3) is 2.43. The molecule has 0 aliphatic heterocycles. The fourth-order valence-electron chi connectivity index (χ4n) is 1.09. The zero-order valence-electron chi connectivity index (χ0n) is 7.22. The summed E-state index contributed by atoms with van der Waals surface area (Å²) in [6.45, 7) is 0. The molecule has 0 amide bonds. The maximum Gasteiger partial charge on any atom is 0.0273 e. The summed E-state index contributed by atoms with van der Waals surface area (Å²) in [4.78, 5) is 7.91. The largest absolute Gasteiger partial charge is 0.265 e. The fourth-order valence-corrected chi connectivity index (χ4v) is 1.09. The average molecular weight is 222 g/mol. The molecule has 2 nitrogen and oxygen atoms in total. The van der Waals surface area contributed by atoms with E-state index in [1.165, 1.54) is 11.1 Å². The van der Waals surface area contributed by atoms with Crippen LogP contribution in [0.5, 0.6) is 0 Å². The first-order valence-corrected chi connectivity index (χ1v) is 3.77. The van der Waals surface area contributed by atoms with Crippen LogP contribution in [0.3, 0.4) is 0 Å². The van der Waals surface area contributed by atoms with E-state index < -0.39 is 0 Å². The molecule has 0 aromatic carbocycles. The normalized spacial score (nSPS) is 8.92. The Kier molecular flexibility index (Phi) is 3.72. The van der Waals surface area contributed by atoms with Crippen LogP contribution in [-0.2, 0) is 19.5 Å². The van der Waals surface area contributed by atoms with Crippen molar-refractivity contribution >= 4 is 0 Å². The average Bonchev–Trinajstić information content (AvgIpc) is 2.21. The van der Waals surface area contributed by atoms with Crippen LogP contribution in [0.1, 0.15) is 0 Å². The van der Waals surface area contributed by atoms with Crippen molar-refractivity contribution in [2.75, 3.05) is 0 Å². The molecule has 0 aliphatic carbocycles. The Balaban J connectivity index is 0.000000845. The molecule has 3 heteroatoms. The quantitative estimate of drug-likeness (QED) is 0.690. The zero-order valence-corrected chi connectivity index (χ0v) is 10.2. The van der Waals surface area contributed by atoms with Crippen LogP contribution in [0.4, 0.5) is 0 Å². The topological polar surface area (TPSA) is 25.8 Å². The molecule has 2 heterocycles. The minimum Gasteiger partial charge on any atom is -0.265 e. The number of nitrogens with zero attached hydrogens (tertiary/aromatic N) is 2. The van der Waals surface area contributed by atoms with Crippen molar-refractivity contribution in [3.63, 3.8) is 0 Å². The van der Waals surface area contributed by atoms with Crippen LogP contribution in [-0.4, -0.2) is 9.97 Å². The van der Waals surface area contributed by atoms with Crippen molar-refractivity contribution in [2.45, 2.75) is 0 Å². The van der Waals surface area contributed by atoms with Crippen molar-refractivity contribution in [3.8, 4) is 11.1 Å². The molecular weight excluding hydrogens is 214 g/mol. The molecule has 2 aromatic heterocycles. The Labute approximate surface area is 89.8 Å². The standard InChI is InChI=1S/C10H8N2.Zn/c1-5-11-6-2-9(1)10-3-7-12-8-4-10;/h1-8H;. The minimum atomic E-state index is 0. The van der Waals surface area contributed by atoms with Gasteiger partial charge in [0.1, 0.15) is 0 Å². The summed E-state index contributed by atoms with van der Waals surface area (Å²) in [5, 5.41) is 0. The number of hydrogen-bond acceptors (Lipinski definition) is 2. The van der Waals surface area contributed by atoms with Gasteiger partial charge in [-0.05, 0) is 35.4 Å². The Morgan fingerprint density at radius 3 is 1.23 bits per heavy atom. The van der Waals surface area contributed by atoms with Gasteiger partial charge in [-0.25, -0.2) is 0 Å².